The van der Waals surface area contributed by atoms with Gasteiger partial charge in [-0.1, -0.05) is 37.6 Å². The Balaban J connectivity index is 2.16. The molecule has 0 unspecified atom stereocenters. The molecule has 3 aromatic rings. The molecule has 1 aromatic carbocycles. The highest BCUT2D eigenvalue weighted by Crippen LogP contribution is 2.35. The lowest BCUT2D eigenvalue weighted by atomic mass is 9.81. The Bertz CT molecular complexity index is 1010. The van der Waals surface area contributed by atoms with Crippen molar-refractivity contribution in [3.05, 3.63) is 50.5 Å². The first-order valence-electron chi connectivity index (χ1n) is 8.43. The number of nitrogens with two attached hydrogens (primary N) is 1. The number of aromatic nitrogens is 3. The van der Waals surface area contributed by atoms with Crippen molar-refractivity contribution in [1.29, 1.82) is 0 Å². The van der Waals surface area contributed by atoms with Gasteiger partial charge in [-0.2, -0.15) is 0 Å². The molecule has 0 saturated heterocycles. The molecular weight excluding hydrogens is 368 g/mol. The number of halogens is 1. The lowest BCUT2D eigenvalue weighted by molar-refractivity contribution is 0.350. The first-order valence-corrected chi connectivity index (χ1v) is 9.62. The minimum absolute atomic E-state index is 0.155. The van der Waals surface area contributed by atoms with Crippen LogP contribution in [0.1, 0.15) is 44.7 Å². The Hall–Kier alpha value is -1.76. The zero-order valence-electron chi connectivity index (χ0n) is 15.6. The maximum Gasteiger partial charge on any atom is 0.277 e. The van der Waals surface area contributed by atoms with Gasteiger partial charge in [0.05, 0.1) is 10.7 Å². The quantitative estimate of drug-likeness (QED) is 0.724. The summed E-state index contributed by atoms with van der Waals surface area (Å²) in [6, 6.07) is 5.55. The molecule has 2 heterocycles. The average Bonchev–Trinajstić information content (AvgIpc) is 2.93. The fourth-order valence-electron chi connectivity index (χ4n) is 3.40. The molecule has 0 saturated carbocycles. The second-order valence-corrected chi connectivity index (χ2v) is 9.45. The topological polar surface area (TPSA) is 73.8 Å². The number of benzene rings is 1. The molecule has 7 heteroatoms. The number of nitrogens with zero attached hydrogens (tertiary/aromatic N) is 3. The largest absolute Gasteiger partial charge is 0.326 e. The molecule has 2 N–H and O–H groups in total. The van der Waals surface area contributed by atoms with E-state index in [9.17, 15) is 4.79 Å². The fraction of sp³-hybridized carbons (Fsp3) is 0.421. The first-order chi connectivity index (χ1) is 12.0. The third-order valence-corrected chi connectivity index (χ3v) is 5.93. The van der Waals surface area contributed by atoms with Crippen LogP contribution in [0.15, 0.2) is 29.3 Å². The van der Waals surface area contributed by atoms with E-state index in [0.29, 0.717) is 21.1 Å². The zero-order valence-corrected chi connectivity index (χ0v) is 17.2. The number of thiazole rings is 1. The molecule has 0 radical (unpaired) electrons. The summed E-state index contributed by atoms with van der Waals surface area (Å²) in [5.41, 5.74) is 7.51. The van der Waals surface area contributed by atoms with Gasteiger partial charge in [-0.25, -0.2) is 9.97 Å². The first kappa shape index (κ1) is 19.0. The van der Waals surface area contributed by atoms with Crippen LogP contribution in [0.4, 0.5) is 0 Å². The van der Waals surface area contributed by atoms with Crippen LogP contribution in [0.25, 0.3) is 16.0 Å². The number of para-hydroxylation sites is 1. The minimum Gasteiger partial charge on any atom is -0.326 e. The highest BCUT2D eigenvalue weighted by molar-refractivity contribution is 7.18. The Labute approximate surface area is 161 Å². The highest BCUT2D eigenvalue weighted by Gasteiger charge is 2.31. The lowest BCUT2D eigenvalue weighted by Crippen LogP contribution is -2.39. The normalized spacial score (nSPS) is 12.7. The molecule has 0 aliphatic rings. The lowest BCUT2D eigenvalue weighted by Gasteiger charge is -2.30. The van der Waals surface area contributed by atoms with Gasteiger partial charge in [-0.3, -0.25) is 9.36 Å². The van der Waals surface area contributed by atoms with Crippen molar-refractivity contribution in [2.45, 2.75) is 52.0 Å². The molecule has 5 nitrogen and oxygen atoms in total. The zero-order chi connectivity index (χ0) is 19.3. The number of rotatable bonds is 4. The van der Waals surface area contributed by atoms with Gasteiger partial charge in [0.1, 0.15) is 16.0 Å². The number of hydrogen-bond donors (Lipinski definition) is 1. The van der Waals surface area contributed by atoms with Crippen molar-refractivity contribution in [3.8, 4) is 5.69 Å². The van der Waals surface area contributed by atoms with E-state index in [2.05, 4.69) is 23.8 Å². The van der Waals surface area contributed by atoms with E-state index < -0.39 is 0 Å². The van der Waals surface area contributed by atoms with Gasteiger partial charge in [-0.05, 0) is 38.8 Å². The monoisotopic (exact) mass is 390 g/mol. The molecule has 0 aliphatic carbocycles. The van der Waals surface area contributed by atoms with Gasteiger partial charge in [-0.15, -0.1) is 11.3 Å². The third kappa shape index (κ3) is 3.54. The van der Waals surface area contributed by atoms with E-state index in [-0.39, 0.29) is 16.5 Å². The van der Waals surface area contributed by atoms with Crippen LogP contribution in [0.3, 0.4) is 0 Å². The summed E-state index contributed by atoms with van der Waals surface area (Å²) in [5, 5.41) is 1.38. The summed E-state index contributed by atoms with van der Waals surface area (Å²) in [6.45, 7) is 10.1. The van der Waals surface area contributed by atoms with E-state index in [1.165, 1.54) is 22.2 Å². The summed E-state index contributed by atoms with van der Waals surface area (Å²) in [6.07, 6.45) is 2.25. The smallest absolute Gasteiger partial charge is 0.277 e. The van der Waals surface area contributed by atoms with Crippen LogP contribution in [-0.2, 0) is 5.41 Å². The fourth-order valence-corrected chi connectivity index (χ4v) is 4.77. The summed E-state index contributed by atoms with van der Waals surface area (Å²) in [4.78, 5) is 22.1. The van der Waals surface area contributed by atoms with E-state index in [1.54, 1.807) is 6.07 Å². The van der Waals surface area contributed by atoms with Crippen molar-refractivity contribution < 1.29 is 0 Å². The Morgan fingerprint density at radius 1 is 1.27 bits per heavy atom. The maximum absolute atomic E-state index is 13.1. The minimum atomic E-state index is -0.330. The molecule has 2 aromatic heterocycles. The molecule has 0 fully saturated rings. The van der Waals surface area contributed by atoms with Crippen molar-refractivity contribution >= 4 is 33.3 Å². The maximum atomic E-state index is 13.1. The summed E-state index contributed by atoms with van der Waals surface area (Å²) >= 11 is 7.71. The molecule has 0 atom stereocenters. The molecule has 0 spiro atoms. The van der Waals surface area contributed by atoms with Crippen LogP contribution in [0, 0.1) is 6.92 Å². The van der Waals surface area contributed by atoms with E-state index in [1.807, 2.05) is 32.9 Å². The average molecular weight is 391 g/mol. The summed E-state index contributed by atoms with van der Waals surface area (Å²) in [7, 11) is 0. The Kier molecular flexibility index (Phi) is 4.71. The predicted molar refractivity (Wildman–Crippen MR) is 109 cm³/mol. The standard InChI is InChI=1S/C19H23ClN4OS/c1-11-7-6-8-12(20)13(11)24-10-22-15-14(16(24)25)26-17(23-15)18(2,3)9-19(4,5)21/h6-8,10H,9,21H2,1-5H3. The Morgan fingerprint density at radius 2 is 1.96 bits per heavy atom. The molecular formula is C19H23ClN4OS. The van der Waals surface area contributed by atoms with E-state index >= 15 is 0 Å². The van der Waals surface area contributed by atoms with Crippen molar-refractivity contribution in [2.24, 2.45) is 5.73 Å². The van der Waals surface area contributed by atoms with Crippen LogP contribution in [-0.4, -0.2) is 20.1 Å². The predicted octanol–water partition coefficient (Wildman–Crippen LogP) is 4.21. The van der Waals surface area contributed by atoms with Gasteiger partial charge in [0.2, 0.25) is 0 Å². The molecule has 138 valence electrons. The van der Waals surface area contributed by atoms with Crippen LogP contribution in [0.5, 0.6) is 0 Å². The summed E-state index contributed by atoms with van der Waals surface area (Å²) in [5.74, 6) is 0. The molecule has 26 heavy (non-hydrogen) atoms. The third-order valence-electron chi connectivity index (χ3n) is 4.22. The van der Waals surface area contributed by atoms with Gasteiger partial charge in [0.25, 0.3) is 5.56 Å². The summed E-state index contributed by atoms with van der Waals surface area (Å²) < 4.78 is 2.03. The van der Waals surface area contributed by atoms with Gasteiger partial charge < -0.3 is 5.73 Å². The van der Waals surface area contributed by atoms with Gasteiger partial charge in [0.15, 0.2) is 5.65 Å². The molecule has 0 bridgehead atoms. The van der Waals surface area contributed by atoms with Crippen molar-refractivity contribution in [3.63, 3.8) is 0 Å². The number of hydrogen-bond acceptors (Lipinski definition) is 5. The Morgan fingerprint density at radius 3 is 2.58 bits per heavy atom. The van der Waals surface area contributed by atoms with Crippen LogP contribution >= 0.6 is 22.9 Å². The SMILES string of the molecule is Cc1cccc(Cl)c1-n1cnc2nc(C(C)(C)CC(C)(C)N)sc2c1=O. The van der Waals surface area contributed by atoms with Crippen LogP contribution in [0.2, 0.25) is 5.02 Å². The molecule has 3 rings (SSSR count). The van der Waals surface area contributed by atoms with Gasteiger partial charge >= 0.3 is 0 Å². The molecule has 0 aliphatic heterocycles. The second kappa shape index (κ2) is 6.44. The number of aryl methyl sites for hydroxylation is 1. The van der Waals surface area contributed by atoms with E-state index in [0.717, 1.165) is 17.0 Å². The van der Waals surface area contributed by atoms with Crippen molar-refractivity contribution in [2.75, 3.05) is 0 Å². The van der Waals surface area contributed by atoms with Crippen LogP contribution < -0.4 is 11.3 Å². The molecule has 0 amide bonds. The van der Waals surface area contributed by atoms with Crippen molar-refractivity contribution in [1.82, 2.24) is 14.5 Å². The highest BCUT2D eigenvalue weighted by atomic mass is 35.5. The van der Waals surface area contributed by atoms with E-state index in [4.69, 9.17) is 17.3 Å². The second-order valence-electron chi connectivity index (χ2n) is 8.05. The number of fused-ring (bicyclic) bond motifs is 1. The van der Waals surface area contributed by atoms with Gasteiger partial charge in [0, 0.05) is 11.0 Å².